The molecule has 2 heterocycles. The molecule has 0 bridgehead atoms. The van der Waals surface area contributed by atoms with Gasteiger partial charge in [0, 0.05) is 25.3 Å². The molecule has 7 heteroatoms. The van der Waals surface area contributed by atoms with E-state index < -0.39 is 0 Å². The van der Waals surface area contributed by atoms with Gasteiger partial charge in [-0.3, -0.25) is 9.48 Å². The molecule has 0 fully saturated rings. The van der Waals surface area contributed by atoms with Gasteiger partial charge < -0.3 is 9.84 Å². The standard InChI is InChI=1S/C17H27N5O2/c1-6-8-14-18-16(24-21-14)10-7-9-15(23)19-17-12(4)20-22(11(2)3)13(17)5/h11H,6-10H2,1-5H3,(H,19,23). The largest absolute Gasteiger partial charge is 0.339 e. The Balaban J connectivity index is 1.85. The van der Waals surface area contributed by atoms with Crippen LogP contribution in [0.15, 0.2) is 4.52 Å². The van der Waals surface area contributed by atoms with Crippen molar-refractivity contribution in [3.63, 3.8) is 0 Å². The van der Waals surface area contributed by atoms with Crippen LogP contribution in [0, 0.1) is 13.8 Å². The zero-order valence-corrected chi connectivity index (χ0v) is 15.2. The summed E-state index contributed by atoms with van der Waals surface area (Å²) in [7, 11) is 0. The van der Waals surface area contributed by atoms with Gasteiger partial charge in [-0.1, -0.05) is 12.1 Å². The summed E-state index contributed by atoms with van der Waals surface area (Å²) in [5.74, 6) is 1.33. The molecule has 7 nitrogen and oxygen atoms in total. The second kappa shape index (κ2) is 8.08. The molecule has 0 saturated heterocycles. The van der Waals surface area contributed by atoms with E-state index in [9.17, 15) is 4.79 Å². The summed E-state index contributed by atoms with van der Waals surface area (Å²) in [5, 5.41) is 11.4. The maximum absolute atomic E-state index is 12.2. The predicted octanol–water partition coefficient (Wildman–Crippen LogP) is 3.38. The zero-order valence-electron chi connectivity index (χ0n) is 15.2. The molecule has 0 radical (unpaired) electrons. The number of hydrogen-bond donors (Lipinski definition) is 1. The molecule has 0 spiro atoms. The number of nitrogens with zero attached hydrogens (tertiary/aromatic N) is 4. The van der Waals surface area contributed by atoms with Crippen LogP contribution in [0.2, 0.25) is 0 Å². The molecule has 132 valence electrons. The van der Waals surface area contributed by atoms with Crippen LogP contribution in [0.4, 0.5) is 5.69 Å². The molecule has 0 aliphatic heterocycles. The summed E-state index contributed by atoms with van der Waals surface area (Å²) < 4.78 is 7.11. The van der Waals surface area contributed by atoms with Gasteiger partial charge in [-0.05, 0) is 40.5 Å². The first-order valence-corrected chi connectivity index (χ1v) is 8.59. The highest BCUT2D eigenvalue weighted by atomic mass is 16.5. The first-order chi connectivity index (χ1) is 11.4. The van der Waals surface area contributed by atoms with Gasteiger partial charge in [0.2, 0.25) is 11.8 Å². The van der Waals surface area contributed by atoms with Gasteiger partial charge >= 0.3 is 0 Å². The lowest BCUT2D eigenvalue weighted by atomic mass is 10.2. The van der Waals surface area contributed by atoms with Crippen LogP contribution in [0.3, 0.4) is 0 Å². The van der Waals surface area contributed by atoms with Crippen molar-refractivity contribution >= 4 is 11.6 Å². The Hall–Kier alpha value is -2.18. The van der Waals surface area contributed by atoms with Gasteiger partial charge in [0.25, 0.3) is 0 Å². The molecule has 2 aromatic rings. The Labute approximate surface area is 142 Å². The monoisotopic (exact) mass is 333 g/mol. The lowest BCUT2D eigenvalue weighted by Gasteiger charge is -2.09. The van der Waals surface area contributed by atoms with Gasteiger partial charge in [0.15, 0.2) is 5.82 Å². The van der Waals surface area contributed by atoms with Crippen molar-refractivity contribution in [2.45, 2.75) is 72.8 Å². The van der Waals surface area contributed by atoms with E-state index >= 15 is 0 Å². The fourth-order valence-corrected chi connectivity index (χ4v) is 2.67. The summed E-state index contributed by atoms with van der Waals surface area (Å²) in [6, 6.07) is 0.268. The Bertz CT molecular complexity index is 687. The quantitative estimate of drug-likeness (QED) is 0.800. The van der Waals surface area contributed by atoms with Gasteiger partial charge in [-0.2, -0.15) is 10.1 Å². The lowest BCUT2D eigenvalue weighted by molar-refractivity contribution is -0.116. The number of aryl methyl sites for hydroxylation is 3. The van der Waals surface area contributed by atoms with Crippen LogP contribution in [-0.4, -0.2) is 25.8 Å². The minimum Gasteiger partial charge on any atom is -0.339 e. The number of carbonyl (C=O) groups excluding carboxylic acids is 1. The van der Waals surface area contributed by atoms with Crippen LogP contribution in [0.5, 0.6) is 0 Å². The first kappa shape index (κ1) is 18.2. The molecular formula is C17H27N5O2. The fraction of sp³-hybridized carbons (Fsp3) is 0.647. The molecule has 0 unspecified atom stereocenters. The van der Waals surface area contributed by atoms with E-state index in [1.807, 2.05) is 18.5 Å². The second-order valence-electron chi connectivity index (χ2n) is 6.34. The molecular weight excluding hydrogens is 306 g/mol. The Kier molecular flexibility index (Phi) is 6.11. The summed E-state index contributed by atoms with van der Waals surface area (Å²) in [6.07, 6.45) is 3.52. The predicted molar refractivity (Wildman–Crippen MR) is 91.9 cm³/mol. The molecule has 0 aliphatic rings. The smallest absolute Gasteiger partial charge is 0.226 e. The number of carbonyl (C=O) groups is 1. The normalized spacial score (nSPS) is 11.2. The van der Waals surface area contributed by atoms with Gasteiger partial charge in [0.1, 0.15) is 0 Å². The molecule has 0 aromatic carbocycles. The molecule has 0 saturated carbocycles. The van der Waals surface area contributed by atoms with E-state index in [-0.39, 0.29) is 11.9 Å². The van der Waals surface area contributed by atoms with Crippen LogP contribution < -0.4 is 5.32 Å². The molecule has 1 N–H and O–H groups in total. The second-order valence-corrected chi connectivity index (χ2v) is 6.34. The van der Waals surface area contributed by atoms with E-state index in [1.54, 1.807) is 0 Å². The zero-order chi connectivity index (χ0) is 17.7. The Morgan fingerprint density at radius 3 is 2.67 bits per heavy atom. The highest BCUT2D eigenvalue weighted by Gasteiger charge is 2.15. The Morgan fingerprint density at radius 2 is 2.04 bits per heavy atom. The molecule has 2 aromatic heterocycles. The molecule has 0 atom stereocenters. The van der Waals surface area contributed by atoms with E-state index in [1.165, 1.54) is 0 Å². The maximum atomic E-state index is 12.2. The van der Waals surface area contributed by atoms with Gasteiger partial charge in [0.05, 0.1) is 17.1 Å². The first-order valence-electron chi connectivity index (χ1n) is 8.59. The van der Waals surface area contributed by atoms with Crippen LogP contribution in [-0.2, 0) is 17.6 Å². The van der Waals surface area contributed by atoms with Crippen molar-refractivity contribution in [2.75, 3.05) is 5.32 Å². The molecule has 2 rings (SSSR count). The van der Waals surface area contributed by atoms with E-state index in [0.717, 1.165) is 35.7 Å². The minimum absolute atomic E-state index is 0.0159. The van der Waals surface area contributed by atoms with Crippen LogP contribution >= 0.6 is 0 Å². The van der Waals surface area contributed by atoms with Crippen molar-refractivity contribution in [3.05, 3.63) is 23.1 Å². The number of aromatic nitrogens is 4. The summed E-state index contributed by atoms with van der Waals surface area (Å²) in [4.78, 5) is 16.5. The minimum atomic E-state index is -0.0159. The topological polar surface area (TPSA) is 85.8 Å². The molecule has 1 amide bonds. The highest BCUT2D eigenvalue weighted by molar-refractivity contribution is 5.91. The number of rotatable bonds is 8. The number of nitrogens with one attached hydrogen (secondary N) is 1. The highest BCUT2D eigenvalue weighted by Crippen LogP contribution is 2.22. The number of anilines is 1. The summed E-state index contributed by atoms with van der Waals surface area (Å²) in [6.45, 7) is 10.1. The average Bonchev–Trinajstić information content (AvgIpc) is 3.07. The molecule has 24 heavy (non-hydrogen) atoms. The van der Waals surface area contributed by atoms with Crippen molar-refractivity contribution in [2.24, 2.45) is 0 Å². The van der Waals surface area contributed by atoms with Crippen LogP contribution in [0.25, 0.3) is 0 Å². The molecule has 0 aliphatic carbocycles. The number of amides is 1. The van der Waals surface area contributed by atoms with E-state index in [0.29, 0.717) is 25.2 Å². The summed E-state index contributed by atoms with van der Waals surface area (Å²) >= 11 is 0. The third kappa shape index (κ3) is 4.43. The third-order valence-corrected chi connectivity index (χ3v) is 3.86. The summed E-state index contributed by atoms with van der Waals surface area (Å²) in [5.41, 5.74) is 2.64. The SMILES string of the molecule is CCCc1noc(CCCC(=O)Nc2c(C)nn(C(C)C)c2C)n1. The lowest BCUT2D eigenvalue weighted by Crippen LogP contribution is -2.13. The van der Waals surface area contributed by atoms with Crippen molar-refractivity contribution in [1.82, 2.24) is 19.9 Å². The van der Waals surface area contributed by atoms with Crippen molar-refractivity contribution in [1.29, 1.82) is 0 Å². The van der Waals surface area contributed by atoms with E-state index in [2.05, 4.69) is 41.3 Å². The Morgan fingerprint density at radius 1 is 1.29 bits per heavy atom. The third-order valence-electron chi connectivity index (χ3n) is 3.86. The van der Waals surface area contributed by atoms with Crippen molar-refractivity contribution in [3.8, 4) is 0 Å². The van der Waals surface area contributed by atoms with Gasteiger partial charge in [-0.25, -0.2) is 0 Å². The van der Waals surface area contributed by atoms with Crippen LogP contribution in [0.1, 0.15) is 69.2 Å². The number of hydrogen-bond acceptors (Lipinski definition) is 5. The fourth-order valence-electron chi connectivity index (χ4n) is 2.67. The maximum Gasteiger partial charge on any atom is 0.226 e. The van der Waals surface area contributed by atoms with E-state index in [4.69, 9.17) is 4.52 Å². The average molecular weight is 333 g/mol. The van der Waals surface area contributed by atoms with Gasteiger partial charge in [-0.15, -0.1) is 0 Å². The van der Waals surface area contributed by atoms with Crippen molar-refractivity contribution < 1.29 is 9.32 Å².